The number of amides is 1. The number of benzene rings is 2. The van der Waals surface area contributed by atoms with Crippen molar-refractivity contribution in [3.63, 3.8) is 0 Å². The van der Waals surface area contributed by atoms with E-state index in [1.165, 1.54) is 11.2 Å². The normalized spacial score (nSPS) is 18.4. The van der Waals surface area contributed by atoms with Crippen LogP contribution in [-0.2, 0) is 16.1 Å². The summed E-state index contributed by atoms with van der Waals surface area (Å²) in [5.41, 5.74) is 2.51. The average Bonchev–Trinajstić information content (AvgIpc) is 3.36. The Morgan fingerprint density at radius 2 is 1.70 bits per heavy atom. The van der Waals surface area contributed by atoms with Crippen LogP contribution in [0.5, 0.6) is 0 Å². The largest absolute Gasteiger partial charge is 0.507 e. The molecule has 0 bridgehead atoms. The lowest BCUT2D eigenvalue weighted by molar-refractivity contribution is -0.140. The lowest BCUT2D eigenvalue weighted by Crippen LogP contribution is -2.29. The standard InChI is InChI=1S/C25H23NO4/c1-16(2)17-10-12-18(13-11-17)22-21(23(27)19-7-4-3-5-8-19)24(28)25(29)26(22)15-20-9-6-14-30-20/h3-14,16,22,27H,15H2,1-2H3/t22-/m0/s1. The van der Waals surface area contributed by atoms with Gasteiger partial charge in [0.25, 0.3) is 11.7 Å². The molecule has 1 aliphatic heterocycles. The van der Waals surface area contributed by atoms with Crippen LogP contribution in [0.4, 0.5) is 0 Å². The van der Waals surface area contributed by atoms with Gasteiger partial charge in [0.15, 0.2) is 0 Å². The molecule has 0 unspecified atom stereocenters. The summed E-state index contributed by atoms with van der Waals surface area (Å²) in [7, 11) is 0. The number of rotatable bonds is 5. The van der Waals surface area contributed by atoms with Crippen LogP contribution in [0.25, 0.3) is 5.76 Å². The van der Waals surface area contributed by atoms with Crippen molar-refractivity contribution in [2.45, 2.75) is 32.4 Å². The minimum atomic E-state index is -0.698. The Bertz CT molecular complexity index is 1080. The first kappa shape index (κ1) is 19.7. The Hall–Kier alpha value is -3.60. The number of aliphatic hydroxyl groups excluding tert-OH is 1. The van der Waals surface area contributed by atoms with Crippen molar-refractivity contribution in [3.8, 4) is 0 Å². The molecule has 0 radical (unpaired) electrons. The van der Waals surface area contributed by atoms with E-state index in [0.29, 0.717) is 17.2 Å². The minimum Gasteiger partial charge on any atom is -0.507 e. The Labute approximate surface area is 175 Å². The van der Waals surface area contributed by atoms with Crippen LogP contribution >= 0.6 is 0 Å². The second-order valence-electron chi connectivity index (χ2n) is 7.69. The summed E-state index contributed by atoms with van der Waals surface area (Å²) in [6, 6.07) is 19.4. The molecule has 1 N–H and O–H groups in total. The zero-order valence-corrected chi connectivity index (χ0v) is 16.9. The Morgan fingerprint density at radius 1 is 1.00 bits per heavy atom. The number of furan rings is 1. The first-order chi connectivity index (χ1) is 14.5. The number of likely N-dealkylation sites (tertiary alicyclic amines) is 1. The van der Waals surface area contributed by atoms with E-state index in [1.807, 2.05) is 30.3 Å². The highest BCUT2D eigenvalue weighted by molar-refractivity contribution is 6.46. The molecule has 152 valence electrons. The molecular formula is C25H23NO4. The van der Waals surface area contributed by atoms with E-state index in [4.69, 9.17) is 4.42 Å². The van der Waals surface area contributed by atoms with Crippen molar-refractivity contribution >= 4 is 17.4 Å². The van der Waals surface area contributed by atoms with Crippen LogP contribution < -0.4 is 0 Å². The van der Waals surface area contributed by atoms with Crippen molar-refractivity contribution in [1.29, 1.82) is 0 Å². The van der Waals surface area contributed by atoms with Gasteiger partial charge < -0.3 is 14.4 Å². The van der Waals surface area contributed by atoms with E-state index >= 15 is 0 Å². The highest BCUT2D eigenvalue weighted by atomic mass is 16.3. The summed E-state index contributed by atoms with van der Waals surface area (Å²) >= 11 is 0. The number of hydrogen-bond donors (Lipinski definition) is 1. The van der Waals surface area contributed by atoms with Gasteiger partial charge in [-0.3, -0.25) is 9.59 Å². The van der Waals surface area contributed by atoms with Crippen molar-refractivity contribution < 1.29 is 19.1 Å². The molecule has 1 amide bonds. The number of Topliss-reactive ketones (excluding diaryl/α,β-unsaturated/α-hetero) is 1. The zero-order chi connectivity index (χ0) is 21.3. The molecular weight excluding hydrogens is 378 g/mol. The third-order valence-corrected chi connectivity index (χ3v) is 5.41. The van der Waals surface area contributed by atoms with Gasteiger partial charge in [-0.25, -0.2) is 0 Å². The third kappa shape index (κ3) is 3.54. The zero-order valence-electron chi connectivity index (χ0n) is 16.9. The van der Waals surface area contributed by atoms with Gasteiger partial charge in [0.2, 0.25) is 0 Å². The van der Waals surface area contributed by atoms with Gasteiger partial charge in [0.1, 0.15) is 11.5 Å². The van der Waals surface area contributed by atoms with Gasteiger partial charge in [0.05, 0.1) is 24.4 Å². The Balaban J connectivity index is 1.85. The molecule has 30 heavy (non-hydrogen) atoms. The van der Waals surface area contributed by atoms with Gasteiger partial charge in [-0.05, 0) is 29.2 Å². The lowest BCUT2D eigenvalue weighted by Gasteiger charge is -2.25. The predicted octanol–water partition coefficient (Wildman–Crippen LogP) is 5.02. The van der Waals surface area contributed by atoms with E-state index < -0.39 is 17.7 Å². The van der Waals surface area contributed by atoms with Crippen LogP contribution in [0, 0.1) is 0 Å². The van der Waals surface area contributed by atoms with E-state index in [-0.39, 0.29) is 17.9 Å². The number of nitrogens with zero attached hydrogens (tertiary/aromatic N) is 1. The van der Waals surface area contributed by atoms with Crippen LogP contribution in [0.2, 0.25) is 0 Å². The van der Waals surface area contributed by atoms with Crippen LogP contribution in [-0.4, -0.2) is 21.7 Å². The van der Waals surface area contributed by atoms with Crippen molar-refractivity contribution in [1.82, 2.24) is 4.90 Å². The SMILES string of the molecule is CC(C)c1ccc([C@H]2C(=C(O)c3ccccc3)C(=O)C(=O)N2Cc2ccco2)cc1. The number of hydrogen-bond acceptors (Lipinski definition) is 4. The van der Waals surface area contributed by atoms with E-state index in [0.717, 1.165) is 11.1 Å². The first-order valence-corrected chi connectivity index (χ1v) is 9.93. The Morgan fingerprint density at radius 3 is 2.30 bits per heavy atom. The predicted molar refractivity (Wildman–Crippen MR) is 114 cm³/mol. The summed E-state index contributed by atoms with van der Waals surface area (Å²) in [5.74, 6) is -0.588. The summed E-state index contributed by atoms with van der Waals surface area (Å²) in [5, 5.41) is 11.0. The average molecular weight is 401 g/mol. The summed E-state index contributed by atoms with van der Waals surface area (Å²) in [6.07, 6.45) is 1.53. The van der Waals surface area contributed by atoms with Gasteiger partial charge in [0, 0.05) is 5.56 Å². The fourth-order valence-corrected chi connectivity index (χ4v) is 3.77. The molecule has 0 spiro atoms. The van der Waals surface area contributed by atoms with Gasteiger partial charge >= 0.3 is 0 Å². The number of carbonyl (C=O) groups is 2. The smallest absolute Gasteiger partial charge is 0.296 e. The summed E-state index contributed by atoms with van der Waals surface area (Å²) in [4.78, 5) is 27.4. The maximum absolute atomic E-state index is 13.0. The van der Waals surface area contributed by atoms with E-state index in [1.54, 1.807) is 36.4 Å². The number of ketones is 1. The van der Waals surface area contributed by atoms with Gasteiger partial charge in [-0.2, -0.15) is 0 Å². The highest BCUT2D eigenvalue weighted by Crippen LogP contribution is 2.40. The fraction of sp³-hybridized carbons (Fsp3) is 0.200. The van der Waals surface area contributed by atoms with Crippen molar-refractivity contribution in [3.05, 3.63) is 101 Å². The minimum absolute atomic E-state index is 0.0926. The monoisotopic (exact) mass is 401 g/mol. The van der Waals surface area contributed by atoms with Crippen LogP contribution in [0.15, 0.2) is 83.0 Å². The quantitative estimate of drug-likeness (QED) is 0.370. The third-order valence-electron chi connectivity index (χ3n) is 5.41. The topological polar surface area (TPSA) is 70.8 Å². The maximum Gasteiger partial charge on any atom is 0.296 e. The number of carbonyl (C=O) groups excluding carboxylic acids is 2. The van der Waals surface area contributed by atoms with Gasteiger partial charge in [-0.15, -0.1) is 0 Å². The molecule has 1 aliphatic rings. The molecule has 3 aromatic rings. The summed E-state index contributed by atoms with van der Waals surface area (Å²) in [6.45, 7) is 4.35. The van der Waals surface area contributed by atoms with Crippen molar-refractivity contribution in [2.75, 3.05) is 0 Å². The number of aliphatic hydroxyl groups is 1. The van der Waals surface area contributed by atoms with E-state index in [9.17, 15) is 14.7 Å². The van der Waals surface area contributed by atoms with Crippen LogP contribution in [0.3, 0.4) is 0 Å². The lowest BCUT2D eigenvalue weighted by atomic mass is 9.93. The molecule has 1 fully saturated rings. The molecule has 0 aliphatic carbocycles. The molecule has 1 aromatic heterocycles. The fourth-order valence-electron chi connectivity index (χ4n) is 3.77. The molecule has 1 atom stereocenters. The van der Waals surface area contributed by atoms with Crippen molar-refractivity contribution in [2.24, 2.45) is 0 Å². The molecule has 2 aromatic carbocycles. The summed E-state index contributed by atoms with van der Waals surface area (Å²) < 4.78 is 5.41. The second kappa shape index (κ2) is 8.03. The molecule has 5 heteroatoms. The molecule has 5 nitrogen and oxygen atoms in total. The highest BCUT2D eigenvalue weighted by Gasteiger charge is 2.46. The maximum atomic E-state index is 13.0. The van der Waals surface area contributed by atoms with Gasteiger partial charge in [-0.1, -0.05) is 68.4 Å². The molecule has 2 heterocycles. The van der Waals surface area contributed by atoms with Crippen LogP contribution in [0.1, 0.15) is 48.3 Å². The molecule has 1 saturated heterocycles. The van der Waals surface area contributed by atoms with E-state index in [2.05, 4.69) is 13.8 Å². The molecule has 0 saturated carbocycles. The molecule has 4 rings (SSSR count). The Kier molecular flexibility index (Phi) is 5.27. The first-order valence-electron chi connectivity index (χ1n) is 9.93. The second-order valence-corrected chi connectivity index (χ2v) is 7.69.